The number of ether oxygens (including phenoxy) is 2. The molecule has 0 amide bonds. The molecule has 2 heterocycles. The Kier molecular flexibility index (Phi) is 3.76. The van der Waals surface area contributed by atoms with Crippen LogP contribution in [-0.4, -0.2) is 26.6 Å². The zero-order valence-electron chi connectivity index (χ0n) is 13.5. The summed E-state index contributed by atoms with van der Waals surface area (Å²) in [6.45, 7) is 2.78. The van der Waals surface area contributed by atoms with Crippen LogP contribution in [0.4, 0.5) is 5.69 Å². The summed E-state index contributed by atoms with van der Waals surface area (Å²) in [4.78, 5) is 4.31. The summed E-state index contributed by atoms with van der Waals surface area (Å²) < 4.78 is 44.4. The minimum Gasteiger partial charge on any atom is -0.490 e. The Morgan fingerprint density at radius 3 is 2.68 bits per heavy atom. The summed E-state index contributed by atoms with van der Waals surface area (Å²) in [7, 11) is -3.76. The van der Waals surface area contributed by atoms with E-state index < -0.39 is 10.0 Å². The van der Waals surface area contributed by atoms with E-state index in [1.54, 1.807) is 31.2 Å². The largest absolute Gasteiger partial charge is 0.490 e. The van der Waals surface area contributed by atoms with Crippen molar-refractivity contribution in [3.63, 3.8) is 0 Å². The molecule has 1 aliphatic heterocycles. The lowest BCUT2D eigenvalue weighted by Crippen LogP contribution is -2.13. The first kappa shape index (κ1) is 15.8. The van der Waals surface area contributed by atoms with Gasteiger partial charge in [0.1, 0.15) is 5.52 Å². The Bertz CT molecular complexity index is 1040. The first-order valence-electron chi connectivity index (χ1n) is 7.81. The number of hydrogen-bond acceptors (Lipinski definition) is 6. The normalized spacial score (nSPS) is 14.3. The fourth-order valence-electron chi connectivity index (χ4n) is 2.63. The minimum atomic E-state index is -3.76. The molecule has 0 spiro atoms. The van der Waals surface area contributed by atoms with Crippen LogP contribution in [0, 0.1) is 6.92 Å². The van der Waals surface area contributed by atoms with Gasteiger partial charge in [0, 0.05) is 19.4 Å². The third kappa shape index (κ3) is 3.12. The van der Waals surface area contributed by atoms with E-state index in [9.17, 15) is 8.42 Å². The van der Waals surface area contributed by atoms with Gasteiger partial charge in [0.25, 0.3) is 10.0 Å². The molecule has 1 aromatic heterocycles. The third-order valence-corrected chi connectivity index (χ3v) is 5.15. The number of hydrogen-bond donors (Lipinski definition) is 1. The summed E-state index contributed by atoms with van der Waals surface area (Å²) in [5, 5.41) is 0. The second kappa shape index (κ2) is 5.96. The molecule has 0 atom stereocenters. The van der Waals surface area contributed by atoms with Gasteiger partial charge in [0.05, 0.1) is 23.8 Å². The van der Waals surface area contributed by atoms with E-state index in [1.807, 2.05) is 0 Å². The Balaban J connectivity index is 1.65. The smallest absolute Gasteiger partial charge is 0.262 e. The van der Waals surface area contributed by atoms with E-state index >= 15 is 0 Å². The minimum absolute atomic E-state index is 0.105. The maximum Gasteiger partial charge on any atom is 0.262 e. The lowest BCUT2D eigenvalue weighted by Gasteiger charge is -2.11. The molecule has 0 saturated carbocycles. The molecule has 0 aliphatic carbocycles. The average Bonchev–Trinajstić information content (AvgIpc) is 2.79. The maximum absolute atomic E-state index is 12.7. The first-order chi connectivity index (χ1) is 12.0. The van der Waals surface area contributed by atoms with E-state index in [0.29, 0.717) is 47.4 Å². The molecule has 3 aromatic rings. The summed E-state index contributed by atoms with van der Waals surface area (Å²) in [5.41, 5.74) is 1.61. The predicted octanol–water partition coefficient (Wildman–Crippen LogP) is 3.10. The predicted molar refractivity (Wildman–Crippen MR) is 91.6 cm³/mol. The number of aromatic nitrogens is 1. The number of sulfonamides is 1. The highest BCUT2D eigenvalue weighted by Gasteiger charge is 2.19. The lowest BCUT2D eigenvalue weighted by molar-refractivity contribution is 0.297. The van der Waals surface area contributed by atoms with Crippen LogP contribution in [0.15, 0.2) is 45.7 Å². The fourth-order valence-corrected chi connectivity index (χ4v) is 3.70. The van der Waals surface area contributed by atoms with Crippen LogP contribution in [0.25, 0.3) is 11.1 Å². The van der Waals surface area contributed by atoms with Crippen molar-refractivity contribution in [2.45, 2.75) is 18.2 Å². The van der Waals surface area contributed by atoms with Gasteiger partial charge in [-0.3, -0.25) is 4.72 Å². The quantitative estimate of drug-likeness (QED) is 0.772. The van der Waals surface area contributed by atoms with Gasteiger partial charge in [-0.05, 0) is 30.3 Å². The molecule has 8 heteroatoms. The van der Waals surface area contributed by atoms with Gasteiger partial charge < -0.3 is 13.9 Å². The summed E-state index contributed by atoms with van der Waals surface area (Å²) in [6.07, 6.45) is 0.756. The van der Waals surface area contributed by atoms with Gasteiger partial charge in [-0.1, -0.05) is 0 Å². The molecule has 1 N–H and O–H groups in total. The van der Waals surface area contributed by atoms with Crippen LogP contribution in [0.1, 0.15) is 12.3 Å². The Labute approximate surface area is 144 Å². The molecule has 0 saturated heterocycles. The van der Waals surface area contributed by atoms with Crippen LogP contribution in [0.3, 0.4) is 0 Å². The summed E-state index contributed by atoms with van der Waals surface area (Å²) >= 11 is 0. The molecule has 130 valence electrons. The van der Waals surface area contributed by atoms with Gasteiger partial charge in [-0.15, -0.1) is 0 Å². The fraction of sp³-hybridized carbons (Fsp3) is 0.235. The van der Waals surface area contributed by atoms with Gasteiger partial charge >= 0.3 is 0 Å². The average molecular weight is 360 g/mol. The molecule has 0 bridgehead atoms. The third-order valence-electron chi connectivity index (χ3n) is 3.78. The van der Waals surface area contributed by atoms with E-state index in [2.05, 4.69) is 9.71 Å². The standard InChI is InChI=1S/C17H16N2O5S/c1-11-18-14-9-12(3-5-15(14)24-11)19-25(20,21)13-4-6-16-17(10-13)23-8-2-7-22-16/h3-6,9-10,19H,2,7-8H2,1H3. The Hall–Kier alpha value is -2.74. The van der Waals surface area contributed by atoms with Gasteiger partial charge in [-0.2, -0.15) is 0 Å². The number of anilines is 1. The zero-order chi connectivity index (χ0) is 17.4. The van der Waals surface area contributed by atoms with Crippen molar-refractivity contribution in [2.24, 2.45) is 0 Å². The molecular formula is C17H16N2O5S. The molecule has 1 aliphatic rings. The monoisotopic (exact) mass is 360 g/mol. The number of nitrogens with zero attached hydrogens (tertiary/aromatic N) is 1. The molecule has 25 heavy (non-hydrogen) atoms. The van der Waals surface area contributed by atoms with Gasteiger partial charge in [0.15, 0.2) is 23.0 Å². The van der Waals surface area contributed by atoms with Crippen molar-refractivity contribution < 1.29 is 22.3 Å². The van der Waals surface area contributed by atoms with Crippen molar-refractivity contribution in [1.82, 2.24) is 4.98 Å². The van der Waals surface area contributed by atoms with Crippen molar-refractivity contribution in [2.75, 3.05) is 17.9 Å². The van der Waals surface area contributed by atoms with Crippen LogP contribution in [-0.2, 0) is 10.0 Å². The van der Waals surface area contributed by atoms with Crippen LogP contribution >= 0.6 is 0 Å². The number of benzene rings is 2. The van der Waals surface area contributed by atoms with Gasteiger partial charge in [-0.25, -0.2) is 13.4 Å². The highest BCUT2D eigenvalue weighted by Crippen LogP contribution is 2.32. The topological polar surface area (TPSA) is 90.7 Å². The number of fused-ring (bicyclic) bond motifs is 2. The van der Waals surface area contributed by atoms with Crippen molar-refractivity contribution >= 4 is 26.8 Å². The van der Waals surface area contributed by atoms with E-state index in [-0.39, 0.29) is 4.90 Å². The van der Waals surface area contributed by atoms with E-state index in [0.717, 1.165) is 6.42 Å². The molecular weight excluding hydrogens is 344 g/mol. The first-order valence-corrected chi connectivity index (χ1v) is 9.29. The van der Waals surface area contributed by atoms with Crippen molar-refractivity contribution in [3.05, 3.63) is 42.3 Å². The zero-order valence-corrected chi connectivity index (χ0v) is 14.3. The summed E-state index contributed by atoms with van der Waals surface area (Å²) in [5.74, 6) is 1.51. The second-order valence-electron chi connectivity index (χ2n) is 5.68. The highest BCUT2D eigenvalue weighted by molar-refractivity contribution is 7.92. The van der Waals surface area contributed by atoms with E-state index in [4.69, 9.17) is 13.9 Å². The van der Waals surface area contributed by atoms with Crippen molar-refractivity contribution in [3.8, 4) is 11.5 Å². The maximum atomic E-state index is 12.7. The highest BCUT2D eigenvalue weighted by atomic mass is 32.2. The van der Waals surface area contributed by atoms with Crippen LogP contribution in [0.5, 0.6) is 11.5 Å². The Morgan fingerprint density at radius 2 is 1.84 bits per heavy atom. The SMILES string of the molecule is Cc1nc2cc(NS(=O)(=O)c3ccc4c(c3)OCCCO4)ccc2o1. The molecule has 0 fully saturated rings. The molecule has 0 unspecified atom stereocenters. The Morgan fingerprint density at radius 1 is 1.04 bits per heavy atom. The number of nitrogens with one attached hydrogen (secondary N) is 1. The molecule has 2 aromatic carbocycles. The van der Waals surface area contributed by atoms with E-state index in [1.165, 1.54) is 12.1 Å². The molecule has 7 nitrogen and oxygen atoms in total. The second-order valence-corrected chi connectivity index (χ2v) is 7.36. The molecule has 4 rings (SSSR count). The summed E-state index contributed by atoms with van der Waals surface area (Å²) in [6, 6.07) is 9.52. The van der Waals surface area contributed by atoms with Gasteiger partial charge in [0.2, 0.25) is 0 Å². The number of aryl methyl sites for hydroxylation is 1. The number of rotatable bonds is 3. The lowest BCUT2D eigenvalue weighted by atomic mass is 10.3. The van der Waals surface area contributed by atoms with Crippen LogP contribution in [0.2, 0.25) is 0 Å². The molecule has 0 radical (unpaired) electrons. The number of oxazole rings is 1. The van der Waals surface area contributed by atoms with Crippen molar-refractivity contribution in [1.29, 1.82) is 0 Å². The van der Waals surface area contributed by atoms with Crippen LogP contribution < -0.4 is 14.2 Å².